The van der Waals surface area contributed by atoms with Crippen molar-refractivity contribution in [2.75, 3.05) is 21.3 Å². The molecule has 0 aliphatic heterocycles. The highest BCUT2D eigenvalue weighted by Crippen LogP contribution is 2.40. The lowest BCUT2D eigenvalue weighted by Gasteiger charge is -2.12. The maximum absolute atomic E-state index is 5.59. The Bertz CT molecular complexity index is 531. The first kappa shape index (κ1) is 12.5. The van der Waals surface area contributed by atoms with Crippen molar-refractivity contribution in [3.8, 4) is 28.7 Å². The predicted molar refractivity (Wildman–Crippen MR) is 64.4 cm³/mol. The van der Waals surface area contributed by atoms with Crippen molar-refractivity contribution >= 4 is 11.6 Å². The van der Waals surface area contributed by atoms with Crippen LogP contribution in [0.5, 0.6) is 17.2 Å². The van der Waals surface area contributed by atoms with Gasteiger partial charge in [0.25, 0.3) is 0 Å². The molecule has 2 rings (SSSR count). The average Bonchev–Trinajstić information content (AvgIpc) is 2.83. The average molecular weight is 271 g/mol. The zero-order valence-corrected chi connectivity index (χ0v) is 10.8. The van der Waals surface area contributed by atoms with Crippen LogP contribution in [0, 0.1) is 0 Å². The normalized spacial score (nSPS) is 10.2. The monoisotopic (exact) mass is 270 g/mol. The molecule has 1 aromatic carbocycles. The molecule has 0 N–H and O–H groups in total. The molecule has 1 aromatic heterocycles. The lowest BCUT2D eigenvalue weighted by Crippen LogP contribution is -1.95. The molecular formula is C11H11ClN2O4. The fraction of sp³-hybridized carbons (Fsp3) is 0.273. The van der Waals surface area contributed by atoms with Gasteiger partial charge in [-0.2, -0.15) is 0 Å². The summed E-state index contributed by atoms with van der Waals surface area (Å²) in [5.41, 5.74) is 0.629. The number of aromatic nitrogens is 2. The van der Waals surface area contributed by atoms with Gasteiger partial charge in [0.15, 0.2) is 11.5 Å². The molecule has 1 heterocycles. The molecule has 7 heteroatoms. The second kappa shape index (κ2) is 5.14. The maximum atomic E-state index is 5.59. The van der Waals surface area contributed by atoms with Gasteiger partial charge in [0, 0.05) is 5.56 Å². The van der Waals surface area contributed by atoms with E-state index < -0.39 is 0 Å². The number of halogens is 1. The van der Waals surface area contributed by atoms with E-state index in [9.17, 15) is 0 Å². The van der Waals surface area contributed by atoms with Crippen LogP contribution < -0.4 is 14.2 Å². The lowest BCUT2D eigenvalue weighted by atomic mass is 10.2. The highest BCUT2D eigenvalue weighted by atomic mass is 35.5. The molecule has 0 amide bonds. The molecule has 0 aliphatic rings. The van der Waals surface area contributed by atoms with Crippen LogP contribution in [0.1, 0.15) is 0 Å². The first-order valence-electron chi connectivity index (χ1n) is 4.99. The zero-order chi connectivity index (χ0) is 13.1. The minimum absolute atomic E-state index is 0.0289. The summed E-state index contributed by atoms with van der Waals surface area (Å²) < 4.78 is 20.8. The minimum Gasteiger partial charge on any atom is -0.493 e. The van der Waals surface area contributed by atoms with Crippen LogP contribution in [-0.4, -0.2) is 31.5 Å². The molecular weight excluding hydrogens is 260 g/mol. The summed E-state index contributed by atoms with van der Waals surface area (Å²) in [6.07, 6.45) is 0. The van der Waals surface area contributed by atoms with Crippen molar-refractivity contribution in [1.82, 2.24) is 10.2 Å². The molecule has 6 nitrogen and oxygen atoms in total. The third-order valence-corrected chi connectivity index (χ3v) is 2.46. The van der Waals surface area contributed by atoms with Gasteiger partial charge in [0.05, 0.1) is 21.3 Å². The topological polar surface area (TPSA) is 66.6 Å². The quantitative estimate of drug-likeness (QED) is 0.850. The molecule has 0 saturated carbocycles. The Morgan fingerprint density at radius 3 is 2.00 bits per heavy atom. The van der Waals surface area contributed by atoms with Crippen LogP contribution in [0.2, 0.25) is 5.35 Å². The summed E-state index contributed by atoms with van der Waals surface area (Å²) in [7, 11) is 4.59. The number of ether oxygens (including phenoxy) is 3. The summed E-state index contributed by atoms with van der Waals surface area (Å²) >= 11 is 5.59. The Labute approximate surface area is 108 Å². The van der Waals surface area contributed by atoms with E-state index in [0.29, 0.717) is 22.8 Å². The summed E-state index contributed by atoms with van der Waals surface area (Å²) in [6.45, 7) is 0. The van der Waals surface area contributed by atoms with E-state index >= 15 is 0 Å². The Kier molecular flexibility index (Phi) is 3.57. The second-order valence-electron chi connectivity index (χ2n) is 3.27. The summed E-state index contributed by atoms with van der Waals surface area (Å²) in [4.78, 5) is 0. The molecule has 0 atom stereocenters. The fourth-order valence-corrected chi connectivity index (χ4v) is 1.64. The minimum atomic E-state index is -0.0289. The van der Waals surface area contributed by atoms with E-state index in [0.717, 1.165) is 0 Å². The van der Waals surface area contributed by atoms with Gasteiger partial charge in [-0.15, -0.1) is 5.10 Å². The Morgan fingerprint density at radius 1 is 1.00 bits per heavy atom. The molecule has 0 fully saturated rings. The van der Waals surface area contributed by atoms with Crippen LogP contribution in [0.25, 0.3) is 11.5 Å². The number of nitrogens with zero attached hydrogens (tertiary/aromatic N) is 2. The number of rotatable bonds is 4. The molecule has 0 spiro atoms. The third kappa shape index (κ3) is 2.19. The summed E-state index contributed by atoms with van der Waals surface area (Å²) in [5.74, 6) is 1.77. The number of methoxy groups -OCH3 is 3. The molecule has 2 aromatic rings. The molecule has 0 bridgehead atoms. The Balaban J connectivity index is 2.56. The predicted octanol–water partition coefficient (Wildman–Crippen LogP) is 2.42. The Morgan fingerprint density at radius 2 is 1.61 bits per heavy atom. The highest BCUT2D eigenvalue weighted by Gasteiger charge is 2.16. The van der Waals surface area contributed by atoms with Crippen LogP contribution in [-0.2, 0) is 0 Å². The SMILES string of the molecule is COc1cc(-c2nnc(Cl)o2)cc(OC)c1OC. The number of hydrogen-bond acceptors (Lipinski definition) is 6. The molecule has 0 saturated heterocycles. The van der Waals surface area contributed by atoms with E-state index in [-0.39, 0.29) is 11.2 Å². The summed E-state index contributed by atoms with van der Waals surface area (Å²) in [6, 6.07) is 3.40. The first-order valence-corrected chi connectivity index (χ1v) is 5.36. The fourth-order valence-electron chi connectivity index (χ4n) is 1.53. The van der Waals surface area contributed by atoms with Crippen molar-refractivity contribution in [2.24, 2.45) is 0 Å². The van der Waals surface area contributed by atoms with Gasteiger partial charge in [-0.05, 0) is 23.7 Å². The third-order valence-electron chi connectivity index (χ3n) is 2.31. The van der Waals surface area contributed by atoms with Crippen molar-refractivity contribution < 1.29 is 18.6 Å². The van der Waals surface area contributed by atoms with Crippen LogP contribution >= 0.6 is 11.6 Å². The smallest absolute Gasteiger partial charge is 0.313 e. The molecule has 96 valence electrons. The zero-order valence-electron chi connectivity index (χ0n) is 10.1. The van der Waals surface area contributed by atoms with Crippen molar-refractivity contribution in [1.29, 1.82) is 0 Å². The van der Waals surface area contributed by atoms with E-state index in [1.165, 1.54) is 21.3 Å². The van der Waals surface area contributed by atoms with Gasteiger partial charge < -0.3 is 18.6 Å². The Hall–Kier alpha value is -1.95. The van der Waals surface area contributed by atoms with Gasteiger partial charge in [-0.25, -0.2) is 0 Å². The maximum Gasteiger partial charge on any atom is 0.313 e. The standard InChI is InChI=1S/C11H11ClN2O4/c1-15-7-4-6(10-13-14-11(12)18-10)5-8(16-2)9(7)17-3/h4-5H,1-3H3. The van der Waals surface area contributed by atoms with Gasteiger partial charge in [0.1, 0.15) is 0 Å². The summed E-state index contributed by atoms with van der Waals surface area (Å²) in [5, 5.41) is 7.35. The molecule has 0 radical (unpaired) electrons. The number of hydrogen-bond donors (Lipinski definition) is 0. The van der Waals surface area contributed by atoms with Crippen molar-refractivity contribution in [3.63, 3.8) is 0 Å². The van der Waals surface area contributed by atoms with Crippen molar-refractivity contribution in [3.05, 3.63) is 17.5 Å². The molecule has 0 aliphatic carbocycles. The van der Waals surface area contributed by atoms with Gasteiger partial charge in [0.2, 0.25) is 11.6 Å². The van der Waals surface area contributed by atoms with E-state index in [2.05, 4.69) is 10.2 Å². The van der Waals surface area contributed by atoms with Crippen molar-refractivity contribution in [2.45, 2.75) is 0 Å². The van der Waals surface area contributed by atoms with E-state index in [4.69, 9.17) is 30.2 Å². The van der Waals surface area contributed by atoms with E-state index in [1.807, 2.05) is 0 Å². The highest BCUT2D eigenvalue weighted by molar-refractivity contribution is 6.27. The van der Waals surface area contributed by atoms with Gasteiger partial charge in [-0.3, -0.25) is 0 Å². The van der Waals surface area contributed by atoms with Gasteiger partial charge in [-0.1, -0.05) is 5.10 Å². The molecule has 0 unspecified atom stereocenters. The van der Waals surface area contributed by atoms with Crippen LogP contribution in [0.3, 0.4) is 0 Å². The van der Waals surface area contributed by atoms with Crippen LogP contribution in [0.15, 0.2) is 16.5 Å². The lowest BCUT2D eigenvalue weighted by molar-refractivity contribution is 0.324. The van der Waals surface area contributed by atoms with E-state index in [1.54, 1.807) is 12.1 Å². The largest absolute Gasteiger partial charge is 0.493 e. The first-order chi connectivity index (χ1) is 8.69. The number of benzene rings is 1. The van der Waals surface area contributed by atoms with Crippen LogP contribution in [0.4, 0.5) is 0 Å². The van der Waals surface area contributed by atoms with Gasteiger partial charge >= 0.3 is 5.35 Å². The second-order valence-corrected chi connectivity index (χ2v) is 3.60. The molecule has 18 heavy (non-hydrogen) atoms.